The maximum atomic E-state index is 8.50. The second-order valence-electron chi connectivity index (χ2n) is 1.65. The van der Waals surface area contributed by atoms with Gasteiger partial charge in [0, 0.05) is 5.92 Å². The first-order chi connectivity index (χ1) is 3.93. The molecule has 0 radical (unpaired) electrons. The van der Waals surface area contributed by atoms with Crippen LogP contribution in [0.15, 0.2) is 12.3 Å². The molecule has 0 saturated carbocycles. The maximum Gasteiger partial charge on any atom is 0.126 e. The van der Waals surface area contributed by atoms with E-state index >= 15 is 0 Å². The molecule has 8 heavy (non-hydrogen) atoms. The summed E-state index contributed by atoms with van der Waals surface area (Å²) in [6, 6.07) is 0. The molecule has 1 rings (SSSR count). The average Bonchev–Trinajstić information content (AvgIpc) is 1.90. The second-order valence-corrected chi connectivity index (χ2v) is 1.65. The van der Waals surface area contributed by atoms with Crippen molar-refractivity contribution in [3.05, 3.63) is 12.3 Å². The minimum Gasteiger partial charge on any atom is -0.396 e. The zero-order valence-corrected chi connectivity index (χ0v) is 4.41. The van der Waals surface area contributed by atoms with Crippen molar-refractivity contribution in [1.82, 2.24) is 0 Å². The van der Waals surface area contributed by atoms with Crippen LogP contribution in [0.25, 0.3) is 0 Å². The van der Waals surface area contributed by atoms with Crippen LogP contribution in [-0.2, 0) is 9.78 Å². The van der Waals surface area contributed by atoms with Gasteiger partial charge in [0.1, 0.15) is 12.9 Å². The SMILES string of the molecule is OCC1C=COOC1. The standard InChI is InChI=1S/C5H8O3/c6-3-5-1-2-7-8-4-5/h1-2,5-6H,3-4H2. The summed E-state index contributed by atoms with van der Waals surface area (Å²) in [6.07, 6.45) is 3.20. The highest BCUT2D eigenvalue weighted by Crippen LogP contribution is 2.04. The van der Waals surface area contributed by atoms with Gasteiger partial charge in [-0.15, -0.1) is 0 Å². The van der Waals surface area contributed by atoms with E-state index in [1.165, 1.54) is 6.26 Å². The first-order valence-corrected chi connectivity index (χ1v) is 2.49. The molecule has 0 bridgehead atoms. The zero-order valence-electron chi connectivity index (χ0n) is 4.41. The Labute approximate surface area is 47.5 Å². The summed E-state index contributed by atoms with van der Waals surface area (Å²) in [4.78, 5) is 8.94. The quantitative estimate of drug-likeness (QED) is 0.493. The van der Waals surface area contributed by atoms with Crippen LogP contribution in [0.5, 0.6) is 0 Å². The van der Waals surface area contributed by atoms with Crippen LogP contribution >= 0.6 is 0 Å². The van der Waals surface area contributed by atoms with Crippen LogP contribution in [0.1, 0.15) is 0 Å². The molecule has 3 nitrogen and oxygen atoms in total. The van der Waals surface area contributed by atoms with Crippen LogP contribution in [0, 0.1) is 5.92 Å². The van der Waals surface area contributed by atoms with Gasteiger partial charge in [0.2, 0.25) is 0 Å². The fourth-order valence-corrected chi connectivity index (χ4v) is 0.478. The predicted octanol–water partition coefficient (Wildman–Crippen LogP) is 0.0704. The monoisotopic (exact) mass is 116 g/mol. The third-order valence-corrected chi connectivity index (χ3v) is 0.991. The Hall–Kier alpha value is -0.540. The Morgan fingerprint density at radius 3 is 3.00 bits per heavy atom. The molecule has 1 atom stereocenters. The number of aliphatic hydroxyl groups excluding tert-OH is 1. The lowest BCUT2D eigenvalue weighted by Crippen LogP contribution is -2.14. The van der Waals surface area contributed by atoms with Gasteiger partial charge in [0.25, 0.3) is 0 Å². The Morgan fingerprint density at radius 2 is 2.62 bits per heavy atom. The molecular weight excluding hydrogens is 108 g/mol. The summed E-state index contributed by atoms with van der Waals surface area (Å²) < 4.78 is 0. The average molecular weight is 116 g/mol. The third kappa shape index (κ3) is 1.21. The van der Waals surface area contributed by atoms with Crippen LogP contribution < -0.4 is 0 Å². The summed E-state index contributed by atoms with van der Waals surface area (Å²) in [5.74, 6) is 0.115. The lowest BCUT2D eigenvalue weighted by atomic mass is 10.2. The normalized spacial score (nSPS) is 27.4. The topological polar surface area (TPSA) is 38.7 Å². The van der Waals surface area contributed by atoms with Gasteiger partial charge >= 0.3 is 0 Å². The summed E-state index contributed by atoms with van der Waals surface area (Å²) in [5.41, 5.74) is 0. The smallest absolute Gasteiger partial charge is 0.126 e. The minimum absolute atomic E-state index is 0.115. The van der Waals surface area contributed by atoms with Gasteiger partial charge in [0.05, 0.1) is 6.61 Å². The van der Waals surface area contributed by atoms with Crippen molar-refractivity contribution in [2.45, 2.75) is 0 Å². The molecule has 0 saturated heterocycles. The van der Waals surface area contributed by atoms with Gasteiger partial charge in [-0.3, -0.25) is 0 Å². The van der Waals surface area contributed by atoms with Crippen molar-refractivity contribution in [3.63, 3.8) is 0 Å². The van der Waals surface area contributed by atoms with E-state index in [-0.39, 0.29) is 12.5 Å². The van der Waals surface area contributed by atoms with Gasteiger partial charge in [-0.05, 0) is 6.08 Å². The molecule has 3 heteroatoms. The van der Waals surface area contributed by atoms with Gasteiger partial charge in [0.15, 0.2) is 0 Å². The van der Waals surface area contributed by atoms with Gasteiger partial charge in [-0.1, -0.05) is 0 Å². The molecule has 1 aliphatic rings. The number of hydrogen-bond donors (Lipinski definition) is 1. The molecule has 0 aromatic heterocycles. The Morgan fingerprint density at radius 1 is 1.75 bits per heavy atom. The van der Waals surface area contributed by atoms with Gasteiger partial charge in [-0.2, -0.15) is 4.89 Å². The van der Waals surface area contributed by atoms with Crippen molar-refractivity contribution >= 4 is 0 Å². The Bertz CT molecular complexity index is 89.7. The van der Waals surface area contributed by atoms with Crippen LogP contribution in [0.3, 0.4) is 0 Å². The highest BCUT2D eigenvalue weighted by Gasteiger charge is 2.06. The first kappa shape index (κ1) is 5.59. The third-order valence-electron chi connectivity index (χ3n) is 0.991. The maximum absolute atomic E-state index is 8.50. The van der Waals surface area contributed by atoms with E-state index in [0.29, 0.717) is 6.61 Å². The lowest BCUT2D eigenvalue weighted by molar-refractivity contribution is -0.264. The molecule has 0 fully saturated rings. The van der Waals surface area contributed by atoms with E-state index < -0.39 is 0 Å². The summed E-state index contributed by atoms with van der Waals surface area (Å²) in [5, 5.41) is 8.50. The fourth-order valence-electron chi connectivity index (χ4n) is 0.478. The Balaban J connectivity index is 2.32. The molecule has 0 aliphatic carbocycles. The summed E-state index contributed by atoms with van der Waals surface area (Å²) in [6.45, 7) is 0.576. The highest BCUT2D eigenvalue weighted by atomic mass is 17.2. The van der Waals surface area contributed by atoms with E-state index in [2.05, 4.69) is 9.78 Å². The van der Waals surface area contributed by atoms with E-state index in [1.807, 2.05) is 0 Å². The van der Waals surface area contributed by atoms with Crippen molar-refractivity contribution in [1.29, 1.82) is 0 Å². The number of aliphatic hydroxyl groups is 1. The van der Waals surface area contributed by atoms with Crippen molar-refractivity contribution in [3.8, 4) is 0 Å². The van der Waals surface area contributed by atoms with Gasteiger partial charge < -0.3 is 9.99 Å². The Kier molecular flexibility index (Phi) is 1.88. The van der Waals surface area contributed by atoms with Crippen LogP contribution in [0.2, 0.25) is 0 Å². The molecule has 1 aliphatic heterocycles. The van der Waals surface area contributed by atoms with Crippen molar-refractivity contribution in [2.75, 3.05) is 13.2 Å². The lowest BCUT2D eigenvalue weighted by Gasteiger charge is -2.11. The number of hydrogen-bond acceptors (Lipinski definition) is 3. The molecule has 1 unspecified atom stereocenters. The first-order valence-electron chi connectivity index (χ1n) is 2.49. The van der Waals surface area contributed by atoms with E-state index in [1.54, 1.807) is 6.08 Å². The highest BCUT2D eigenvalue weighted by molar-refractivity contribution is 4.83. The van der Waals surface area contributed by atoms with E-state index in [9.17, 15) is 0 Å². The van der Waals surface area contributed by atoms with E-state index in [4.69, 9.17) is 5.11 Å². The molecular formula is C5H8O3. The summed E-state index contributed by atoms with van der Waals surface area (Å²) >= 11 is 0. The second kappa shape index (κ2) is 2.69. The summed E-state index contributed by atoms with van der Waals surface area (Å²) in [7, 11) is 0. The number of rotatable bonds is 1. The van der Waals surface area contributed by atoms with Crippen LogP contribution in [-0.4, -0.2) is 18.3 Å². The fraction of sp³-hybridized carbons (Fsp3) is 0.600. The molecule has 0 amide bonds. The van der Waals surface area contributed by atoms with E-state index in [0.717, 1.165) is 0 Å². The molecule has 1 N–H and O–H groups in total. The molecule has 0 aromatic rings. The predicted molar refractivity (Wildman–Crippen MR) is 26.8 cm³/mol. The molecule has 0 spiro atoms. The molecule has 46 valence electrons. The van der Waals surface area contributed by atoms with Crippen molar-refractivity contribution < 1.29 is 14.9 Å². The zero-order chi connectivity index (χ0) is 5.82. The molecule has 0 aromatic carbocycles. The van der Waals surface area contributed by atoms with Crippen LogP contribution in [0.4, 0.5) is 0 Å². The minimum atomic E-state index is 0.115. The van der Waals surface area contributed by atoms with Gasteiger partial charge in [-0.25, -0.2) is 0 Å². The molecule has 1 heterocycles. The van der Waals surface area contributed by atoms with Crippen molar-refractivity contribution in [2.24, 2.45) is 5.92 Å². The largest absolute Gasteiger partial charge is 0.396 e.